The Morgan fingerprint density at radius 2 is 1.76 bits per heavy atom. The number of hydrogen-bond acceptors (Lipinski definition) is 3. The molecule has 0 aromatic heterocycles. The topological polar surface area (TPSA) is 36.3 Å². The van der Waals surface area contributed by atoms with Gasteiger partial charge in [-0.05, 0) is 30.2 Å². The molecule has 0 amide bonds. The van der Waals surface area contributed by atoms with E-state index in [1.165, 1.54) is 5.56 Å². The van der Waals surface area contributed by atoms with E-state index in [9.17, 15) is 5.26 Å². The van der Waals surface area contributed by atoms with Crippen LogP contribution in [-0.4, -0.2) is 31.2 Å². The molecule has 0 radical (unpaired) electrons. The predicted molar refractivity (Wildman–Crippen MR) is 101 cm³/mol. The van der Waals surface area contributed by atoms with E-state index in [4.69, 9.17) is 27.9 Å². The molecular formula is C20H20Cl2N2O. The van der Waals surface area contributed by atoms with Gasteiger partial charge in [-0.1, -0.05) is 59.1 Å². The Morgan fingerprint density at radius 3 is 2.36 bits per heavy atom. The van der Waals surface area contributed by atoms with Crippen molar-refractivity contribution in [2.75, 3.05) is 26.3 Å². The van der Waals surface area contributed by atoms with Crippen LogP contribution >= 0.6 is 23.2 Å². The molecule has 2 atom stereocenters. The second-order valence-electron chi connectivity index (χ2n) is 6.28. The van der Waals surface area contributed by atoms with Gasteiger partial charge in [-0.25, -0.2) is 0 Å². The highest BCUT2D eigenvalue weighted by Gasteiger charge is 2.32. The Morgan fingerprint density at radius 1 is 1.08 bits per heavy atom. The molecule has 3 nitrogen and oxygen atoms in total. The molecule has 1 aliphatic heterocycles. The predicted octanol–water partition coefficient (Wildman–Crippen LogP) is 4.98. The molecule has 130 valence electrons. The quantitative estimate of drug-likeness (QED) is 0.756. The van der Waals surface area contributed by atoms with Crippen molar-refractivity contribution in [3.8, 4) is 6.07 Å². The van der Waals surface area contributed by atoms with E-state index in [0.29, 0.717) is 23.3 Å². The number of ether oxygens (including phenoxy) is 1. The smallest absolute Gasteiger partial charge is 0.0923 e. The summed E-state index contributed by atoms with van der Waals surface area (Å²) in [6.45, 7) is 5.00. The molecule has 3 rings (SSSR count). The highest BCUT2D eigenvalue weighted by atomic mass is 35.5. The lowest BCUT2D eigenvalue weighted by Crippen LogP contribution is -2.41. The SMILES string of the molecule is Cc1ccc([C@H]([C@@H](C#N)c2ccc(Cl)cc2Cl)N2CCOCC2)cc1. The first-order chi connectivity index (χ1) is 12.1. The monoisotopic (exact) mass is 374 g/mol. The van der Waals surface area contributed by atoms with Gasteiger partial charge in [-0.3, -0.25) is 4.90 Å². The lowest BCUT2D eigenvalue weighted by molar-refractivity contribution is 0.0134. The molecule has 1 heterocycles. The summed E-state index contributed by atoms with van der Waals surface area (Å²) in [4.78, 5) is 2.31. The number of benzene rings is 2. The van der Waals surface area contributed by atoms with Gasteiger partial charge in [-0.15, -0.1) is 0 Å². The van der Waals surface area contributed by atoms with Crippen LogP contribution in [0.4, 0.5) is 0 Å². The summed E-state index contributed by atoms with van der Waals surface area (Å²) in [5, 5.41) is 11.1. The van der Waals surface area contributed by atoms with Crippen LogP contribution in [0.15, 0.2) is 42.5 Å². The normalized spacial score (nSPS) is 17.7. The maximum atomic E-state index is 9.99. The van der Waals surface area contributed by atoms with Crippen LogP contribution in [0.3, 0.4) is 0 Å². The number of halogens is 2. The van der Waals surface area contributed by atoms with Crippen molar-refractivity contribution < 1.29 is 4.74 Å². The van der Waals surface area contributed by atoms with E-state index < -0.39 is 0 Å². The van der Waals surface area contributed by atoms with Crippen molar-refractivity contribution in [2.45, 2.75) is 18.9 Å². The number of nitriles is 1. The Bertz CT molecular complexity index is 764. The van der Waals surface area contributed by atoms with Crippen LogP contribution in [0.2, 0.25) is 10.0 Å². The summed E-state index contributed by atoms with van der Waals surface area (Å²) in [7, 11) is 0. The molecule has 1 fully saturated rings. The largest absolute Gasteiger partial charge is 0.379 e. The molecular weight excluding hydrogens is 355 g/mol. The maximum absolute atomic E-state index is 9.99. The second kappa shape index (κ2) is 8.21. The standard InChI is InChI=1S/C20H20Cl2N2O/c1-14-2-4-15(5-3-14)20(24-8-10-25-11-9-24)18(13-23)17-7-6-16(21)12-19(17)22/h2-7,12,18,20H,8-11H2,1H3/t18-,20+/m0/s1. The second-order valence-corrected chi connectivity index (χ2v) is 7.12. The van der Waals surface area contributed by atoms with E-state index >= 15 is 0 Å². The zero-order valence-corrected chi connectivity index (χ0v) is 15.6. The summed E-state index contributed by atoms with van der Waals surface area (Å²) in [6, 6.07) is 16.1. The van der Waals surface area contributed by atoms with E-state index in [-0.39, 0.29) is 12.0 Å². The number of morpholine rings is 1. The summed E-state index contributed by atoms with van der Waals surface area (Å²) < 4.78 is 5.50. The lowest BCUT2D eigenvalue weighted by atomic mass is 9.86. The van der Waals surface area contributed by atoms with Crippen molar-refractivity contribution in [3.05, 3.63) is 69.2 Å². The fourth-order valence-corrected chi connectivity index (χ4v) is 3.82. The molecule has 25 heavy (non-hydrogen) atoms. The Balaban J connectivity index is 2.04. The Hall–Kier alpha value is -1.57. The lowest BCUT2D eigenvalue weighted by Gasteiger charge is -2.37. The molecule has 1 saturated heterocycles. The van der Waals surface area contributed by atoms with Crippen LogP contribution in [0, 0.1) is 18.3 Å². The minimum atomic E-state index is -0.384. The molecule has 0 spiro atoms. The molecule has 0 bridgehead atoms. The van der Waals surface area contributed by atoms with Crippen LogP contribution in [-0.2, 0) is 4.74 Å². The highest BCUT2D eigenvalue weighted by Crippen LogP contribution is 2.39. The average Bonchev–Trinajstić information content (AvgIpc) is 2.62. The van der Waals surface area contributed by atoms with Gasteiger partial charge in [0, 0.05) is 23.1 Å². The summed E-state index contributed by atoms with van der Waals surface area (Å²) in [5.41, 5.74) is 3.12. The number of hydrogen-bond donors (Lipinski definition) is 0. The van der Waals surface area contributed by atoms with Gasteiger partial charge in [0.25, 0.3) is 0 Å². The molecule has 5 heteroatoms. The number of aryl methyl sites for hydroxylation is 1. The molecule has 2 aromatic rings. The fourth-order valence-electron chi connectivity index (χ4n) is 3.30. The molecule has 0 N–H and O–H groups in total. The first kappa shape index (κ1) is 18.2. The van der Waals surface area contributed by atoms with Gasteiger partial charge in [0.2, 0.25) is 0 Å². The maximum Gasteiger partial charge on any atom is 0.0923 e. The third-order valence-corrected chi connectivity index (χ3v) is 5.17. The van der Waals surface area contributed by atoms with Crippen molar-refractivity contribution >= 4 is 23.2 Å². The summed E-state index contributed by atoms with van der Waals surface area (Å²) >= 11 is 12.5. The van der Waals surface area contributed by atoms with Gasteiger partial charge >= 0.3 is 0 Å². The minimum absolute atomic E-state index is 0.0758. The molecule has 0 saturated carbocycles. The Labute approximate surface area is 158 Å². The summed E-state index contributed by atoms with van der Waals surface area (Å²) in [6.07, 6.45) is 0. The third kappa shape index (κ3) is 4.16. The molecule has 0 aliphatic carbocycles. The van der Waals surface area contributed by atoms with Crippen molar-refractivity contribution in [1.29, 1.82) is 5.26 Å². The molecule has 1 aliphatic rings. The van der Waals surface area contributed by atoms with Gasteiger partial charge in [0.05, 0.1) is 31.2 Å². The molecule has 2 aromatic carbocycles. The van der Waals surface area contributed by atoms with Crippen molar-refractivity contribution in [1.82, 2.24) is 4.90 Å². The van der Waals surface area contributed by atoms with E-state index in [2.05, 4.69) is 42.2 Å². The van der Waals surface area contributed by atoms with E-state index in [0.717, 1.165) is 24.2 Å². The zero-order valence-electron chi connectivity index (χ0n) is 14.1. The first-order valence-corrected chi connectivity index (χ1v) is 9.08. The van der Waals surface area contributed by atoms with Gasteiger partial charge in [-0.2, -0.15) is 5.26 Å². The number of nitrogens with zero attached hydrogens (tertiary/aromatic N) is 2. The molecule has 0 unspecified atom stereocenters. The van der Waals surface area contributed by atoms with Crippen LogP contribution in [0.1, 0.15) is 28.7 Å². The minimum Gasteiger partial charge on any atom is -0.379 e. The fraction of sp³-hybridized carbons (Fsp3) is 0.350. The van der Waals surface area contributed by atoms with Crippen molar-refractivity contribution in [2.24, 2.45) is 0 Å². The van der Waals surface area contributed by atoms with Crippen LogP contribution in [0.25, 0.3) is 0 Å². The van der Waals surface area contributed by atoms with E-state index in [1.54, 1.807) is 12.1 Å². The zero-order chi connectivity index (χ0) is 17.8. The number of rotatable bonds is 4. The average molecular weight is 375 g/mol. The summed E-state index contributed by atoms with van der Waals surface area (Å²) in [5.74, 6) is -0.384. The highest BCUT2D eigenvalue weighted by molar-refractivity contribution is 6.35. The van der Waals surface area contributed by atoms with Gasteiger partial charge < -0.3 is 4.74 Å². The first-order valence-electron chi connectivity index (χ1n) is 8.33. The van der Waals surface area contributed by atoms with E-state index in [1.807, 2.05) is 6.07 Å². The van der Waals surface area contributed by atoms with Gasteiger partial charge in [0.15, 0.2) is 0 Å². The van der Waals surface area contributed by atoms with Crippen molar-refractivity contribution in [3.63, 3.8) is 0 Å². The third-order valence-electron chi connectivity index (χ3n) is 4.61. The van der Waals surface area contributed by atoms with Gasteiger partial charge in [0.1, 0.15) is 0 Å². The van der Waals surface area contributed by atoms with Crippen LogP contribution < -0.4 is 0 Å². The Kier molecular flexibility index (Phi) is 5.98. The van der Waals surface area contributed by atoms with Crippen LogP contribution in [0.5, 0.6) is 0 Å².